The van der Waals surface area contributed by atoms with Crippen LogP contribution < -0.4 is 4.74 Å². The SMILES string of the molecule is CCOC(=O)Cc1csc2nc(-c3ccc(OC(C)C)cc3)cn12. The third kappa shape index (κ3) is 3.59. The molecule has 0 saturated carbocycles. The Morgan fingerprint density at radius 1 is 1.29 bits per heavy atom. The maximum atomic E-state index is 11.7. The molecule has 3 rings (SSSR count). The Hall–Kier alpha value is -2.34. The van der Waals surface area contributed by atoms with Gasteiger partial charge in [0.15, 0.2) is 4.96 Å². The van der Waals surface area contributed by atoms with Crippen LogP contribution in [0.3, 0.4) is 0 Å². The molecule has 0 N–H and O–H groups in total. The largest absolute Gasteiger partial charge is 0.491 e. The summed E-state index contributed by atoms with van der Waals surface area (Å²) in [6, 6.07) is 7.88. The molecule has 2 heterocycles. The molecule has 0 atom stereocenters. The molecule has 126 valence electrons. The maximum Gasteiger partial charge on any atom is 0.311 e. The zero-order chi connectivity index (χ0) is 17.1. The van der Waals surface area contributed by atoms with Crippen LogP contribution in [0.5, 0.6) is 5.75 Å². The number of fused-ring (bicyclic) bond motifs is 1. The Balaban J connectivity index is 1.83. The van der Waals surface area contributed by atoms with Gasteiger partial charge >= 0.3 is 5.97 Å². The second kappa shape index (κ2) is 7.05. The smallest absolute Gasteiger partial charge is 0.311 e. The van der Waals surface area contributed by atoms with Gasteiger partial charge in [-0.25, -0.2) is 4.98 Å². The molecule has 5 nitrogen and oxygen atoms in total. The molecule has 0 bridgehead atoms. The number of aromatic nitrogens is 2. The summed E-state index contributed by atoms with van der Waals surface area (Å²) in [6.07, 6.45) is 2.36. The van der Waals surface area contributed by atoms with Crippen molar-refractivity contribution in [3.05, 3.63) is 41.5 Å². The van der Waals surface area contributed by atoms with Gasteiger partial charge in [0.05, 0.1) is 24.8 Å². The van der Waals surface area contributed by atoms with Crippen LogP contribution in [0.2, 0.25) is 0 Å². The molecule has 24 heavy (non-hydrogen) atoms. The van der Waals surface area contributed by atoms with E-state index in [1.807, 2.05) is 61.0 Å². The predicted molar refractivity (Wildman–Crippen MR) is 94.6 cm³/mol. The standard InChI is InChI=1S/C18H20N2O3S/c1-4-22-17(21)9-14-11-24-18-19-16(10-20(14)18)13-5-7-15(8-6-13)23-12(2)3/h5-8,10-12H,4,9H2,1-3H3. The fraction of sp³-hybridized carbons (Fsp3) is 0.333. The Morgan fingerprint density at radius 2 is 2.04 bits per heavy atom. The van der Waals surface area contributed by atoms with Crippen molar-refractivity contribution in [2.45, 2.75) is 33.3 Å². The van der Waals surface area contributed by atoms with Crippen LogP contribution in [0, 0.1) is 0 Å². The van der Waals surface area contributed by atoms with E-state index in [1.165, 1.54) is 11.3 Å². The molecule has 0 aliphatic rings. The molecule has 0 amide bonds. The van der Waals surface area contributed by atoms with Gasteiger partial charge in [-0.3, -0.25) is 9.20 Å². The number of carbonyl (C=O) groups is 1. The Labute approximate surface area is 144 Å². The van der Waals surface area contributed by atoms with Crippen LogP contribution in [0.4, 0.5) is 0 Å². The van der Waals surface area contributed by atoms with E-state index < -0.39 is 0 Å². The molecule has 0 aliphatic carbocycles. The van der Waals surface area contributed by atoms with Crippen molar-refractivity contribution < 1.29 is 14.3 Å². The fourth-order valence-electron chi connectivity index (χ4n) is 2.43. The Bertz CT molecular complexity index is 834. The quantitative estimate of drug-likeness (QED) is 0.635. The summed E-state index contributed by atoms with van der Waals surface area (Å²) in [7, 11) is 0. The maximum absolute atomic E-state index is 11.7. The summed E-state index contributed by atoms with van der Waals surface area (Å²) >= 11 is 1.52. The number of hydrogen-bond donors (Lipinski definition) is 0. The van der Waals surface area contributed by atoms with Gasteiger partial charge in [-0.05, 0) is 45.0 Å². The van der Waals surface area contributed by atoms with E-state index in [2.05, 4.69) is 4.98 Å². The molecular weight excluding hydrogens is 324 g/mol. The summed E-state index contributed by atoms with van der Waals surface area (Å²) in [6.45, 7) is 6.21. The average molecular weight is 344 g/mol. The zero-order valence-corrected chi connectivity index (χ0v) is 14.8. The van der Waals surface area contributed by atoms with Gasteiger partial charge in [0.25, 0.3) is 0 Å². The molecule has 6 heteroatoms. The van der Waals surface area contributed by atoms with Crippen molar-refractivity contribution in [1.82, 2.24) is 9.38 Å². The number of rotatable bonds is 6. The molecule has 0 spiro atoms. The highest BCUT2D eigenvalue weighted by molar-refractivity contribution is 7.15. The number of thiazole rings is 1. The van der Waals surface area contributed by atoms with Crippen LogP contribution >= 0.6 is 11.3 Å². The van der Waals surface area contributed by atoms with Gasteiger partial charge in [0.1, 0.15) is 5.75 Å². The van der Waals surface area contributed by atoms with Crippen LogP contribution in [-0.2, 0) is 16.0 Å². The average Bonchev–Trinajstić information content (AvgIpc) is 3.10. The molecule has 1 aromatic carbocycles. The number of nitrogens with zero attached hydrogens (tertiary/aromatic N) is 2. The molecule has 0 fully saturated rings. The van der Waals surface area contributed by atoms with E-state index in [0.29, 0.717) is 6.61 Å². The molecule has 3 aromatic rings. The zero-order valence-electron chi connectivity index (χ0n) is 14.0. The molecule has 0 unspecified atom stereocenters. The first kappa shape index (κ1) is 16.5. The van der Waals surface area contributed by atoms with Gasteiger partial charge in [-0.15, -0.1) is 11.3 Å². The van der Waals surface area contributed by atoms with Crippen molar-refractivity contribution in [2.24, 2.45) is 0 Å². The summed E-state index contributed by atoms with van der Waals surface area (Å²) in [4.78, 5) is 17.2. The minimum Gasteiger partial charge on any atom is -0.491 e. The number of benzene rings is 1. The van der Waals surface area contributed by atoms with Crippen LogP contribution in [0.1, 0.15) is 26.5 Å². The fourth-order valence-corrected chi connectivity index (χ4v) is 3.30. The normalized spacial score (nSPS) is 11.2. The third-order valence-corrected chi connectivity index (χ3v) is 4.32. The molecule has 0 aliphatic heterocycles. The van der Waals surface area contributed by atoms with Crippen LogP contribution in [0.15, 0.2) is 35.8 Å². The van der Waals surface area contributed by atoms with E-state index in [1.54, 1.807) is 0 Å². The van der Waals surface area contributed by atoms with Gasteiger partial charge < -0.3 is 9.47 Å². The van der Waals surface area contributed by atoms with E-state index >= 15 is 0 Å². The van der Waals surface area contributed by atoms with Crippen LogP contribution in [-0.4, -0.2) is 28.1 Å². The second-order valence-corrected chi connectivity index (χ2v) is 6.52. The summed E-state index contributed by atoms with van der Waals surface area (Å²) in [5.41, 5.74) is 2.79. The lowest BCUT2D eigenvalue weighted by Crippen LogP contribution is -2.08. The third-order valence-electron chi connectivity index (χ3n) is 3.44. The van der Waals surface area contributed by atoms with Crippen molar-refractivity contribution in [3.8, 4) is 17.0 Å². The highest BCUT2D eigenvalue weighted by Gasteiger charge is 2.13. The molecule has 2 aromatic heterocycles. The predicted octanol–water partition coefficient (Wildman–Crippen LogP) is 3.96. The number of hydrogen-bond acceptors (Lipinski definition) is 5. The molecule has 0 radical (unpaired) electrons. The van der Waals surface area contributed by atoms with E-state index in [9.17, 15) is 4.79 Å². The first-order valence-corrected chi connectivity index (χ1v) is 8.83. The van der Waals surface area contributed by atoms with Gasteiger partial charge in [-0.2, -0.15) is 0 Å². The van der Waals surface area contributed by atoms with E-state index in [4.69, 9.17) is 9.47 Å². The van der Waals surface area contributed by atoms with Gasteiger partial charge in [0.2, 0.25) is 0 Å². The van der Waals surface area contributed by atoms with Gasteiger partial charge in [-0.1, -0.05) is 0 Å². The molecular formula is C18H20N2O3S. The lowest BCUT2D eigenvalue weighted by Gasteiger charge is -2.09. The highest BCUT2D eigenvalue weighted by Crippen LogP contribution is 2.26. The number of ether oxygens (including phenoxy) is 2. The Kier molecular flexibility index (Phi) is 4.85. The van der Waals surface area contributed by atoms with Crippen molar-refractivity contribution in [2.75, 3.05) is 6.61 Å². The summed E-state index contributed by atoms with van der Waals surface area (Å²) in [5.74, 6) is 0.625. The Morgan fingerprint density at radius 3 is 2.71 bits per heavy atom. The summed E-state index contributed by atoms with van der Waals surface area (Å²) in [5, 5.41) is 1.95. The first-order chi connectivity index (χ1) is 11.6. The highest BCUT2D eigenvalue weighted by atomic mass is 32.1. The number of esters is 1. The van der Waals surface area contributed by atoms with E-state index in [-0.39, 0.29) is 18.5 Å². The lowest BCUT2D eigenvalue weighted by atomic mass is 10.1. The van der Waals surface area contributed by atoms with Crippen molar-refractivity contribution in [1.29, 1.82) is 0 Å². The number of carbonyl (C=O) groups excluding carboxylic acids is 1. The second-order valence-electron chi connectivity index (χ2n) is 5.68. The minimum atomic E-state index is -0.220. The monoisotopic (exact) mass is 344 g/mol. The lowest BCUT2D eigenvalue weighted by molar-refractivity contribution is -0.142. The van der Waals surface area contributed by atoms with E-state index in [0.717, 1.165) is 27.7 Å². The number of imidazole rings is 1. The minimum absolute atomic E-state index is 0.152. The first-order valence-electron chi connectivity index (χ1n) is 7.95. The topological polar surface area (TPSA) is 52.8 Å². The summed E-state index contributed by atoms with van der Waals surface area (Å²) < 4.78 is 12.6. The van der Waals surface area contributed by atoms with Crippen molar-refractivity contribution >= 4 is 22.3 Å². The molecule has 0 saturated heterocycles. The van der Waals surface area contributed by atoms with Crippen LogP contribution in [0.25, 0.3) is 16.2 Å². The van der Waals surface area contributed by atoms with Gasteiger partial charge in [0, 0.05) is 22.8 Å². The van der Waals surface area contributed by atoms with Crippen molar-refractivity contribution in [3.63, 3.8) is 0 Å².